The number of hydrogen-bond donors (Lipinski definition) is 0. The molecule has 1 aliphatic rings. The summed E-state index contributed by atoms with van der Waals surface area (Å²) in [6.45, 7) is 14.6. The van der Waals surface area contributed by atoms with Crippen molar-refractivity contribution in [2.24, 2.45) is 0 Å². The van der Waals surface area contributed by atoms with Crippen molar-refractivity contribution in [1.82, 2.24) is 0 Å². The van der Waals surface area contributed by atoms with Gasteiger partial charge >= 0.3 is 0 Å². The topological polar surface area (TPSA) is 18.5 Å². The molecule has 1 aliphatic carbocycles. The number of rotatable bonds is 10. The summed E-state index contributed by atoms with van der Waals surface area (Å²) in [7, 11) is -4.41. The van der Waals surface area contributed by atoms with Gasteiger partial charge in [0, 0.05) is 13.2 Å². The fraction of sp³-hybridized carbons (Fsp3) is 0.314. The molecule has 0 heterocycles. The van der Waals surface area contributed by atoms with E-state index in [0.717, 1.165) is 16.7 Å². The summed E-state index contributed by atoms with van der Waals surface area (Å²) in [5.41, 5.74) is 6.99. The van der Waals surface area contributed by atoms with Crippen LogP contribution in [0, 0.1) is 5.82 Å². The SMILES string of the molecule is CC(c1ccccc1)[Si](C)(C)OCC1(CO[Si](C)(C)C(C)c2ccccc2)c2ccccc2-c2ccc(F)cc21. The Bertz CT molecular complexity index is 1390. The van der Waals surface area contributed by atoms with Crippen molar-refractivity contribution < 1.29 is 13.2 Å². The highest BCUT2D eigenvalue weighted by Crippen LogP contribution is 2.50. The van der Waals surface area contributed by atoms with Gasteiger partial charge < -0.3 is 8.85 Å². The maximum Gasteiger partial charge on any atom is 0.193 e. The minimum Gasteiger partial charge on any atom is -0.415 e. The van der Waals surface area contributed by atoms with Crippen LogP contribution in [0.25, 0.3) is 11.1 Å². The second kappa shape index (κ2) is 11.2. The molecule has 40 heavy (non-hydrogen) atoms. The van der Waals surface area contributed by atoms with Gasteiger partial charge in [0.1, 0.15) is 5.82 Å². The molecule has 0 spiro atoms. The van der Waals surface area contributed by atoms with Gasteiger partial charge in [-0.2, -0.15) is 0 Å². The molecule has 0 saturated carbocycles. The van der Waals surface area contributed by atoms with Crippen LogP contribution < -0.4 is 0 Å². The maximum absolute atomic E-state index is 14.9. The lowest BCUT2D eigenvalue weighted by atomic mass is 9.80. The summed E-state index contributed by atoms with van der Waals surface area (Å²) in [6.07, 6.45) is 0. The third-order valence-corrected chi connectivity index (χ3v) is 15.9. The number of halogens is 1. The predicted octanol–water partition coefficient (Wildman–Crippen LogP) is 9.22. The maximum atomic E-state index is 14.9. The molecule has 2 nitrogen and oxygen atoms in total. The molecule has 0 aliphatic heterocycles. The van der Waals surface area contributed by atoms with Crippen molar-refractivity contribution in [1.29, 1.82) is 0 Å². The van der Waals surface area contributed by atoms with E-state index in [2.05, 4.69) is 125 Å². The normalized spacial score (nSPS) is 18.2. The molecule has 0 aromatic heterocycles. The van der Waals surface area contributed by atoms with Gasteiger partial charge in [-0.15, -0.1) is 0 Å². The molecule has 0 N–H and O–H groups in total. The van der Waals surface area contributed by atoms with E-state index in [1.165, 1.54) is 16.7 Å². The summed E-state index contributed by atoms with van der Waals surface area (Å²) in [5.74, 6) is -0.223. The highest BCUT2D eigenvalue weighted by molar-refractivity contribution is 6.73. The minimum atomic E-state index is -2.21. The lowest BCUT2D eigenvalue weighted by molar-refractivity contribution is 0.159. The van der Waals surface area contributed by atoms with Gasteiger partial charge in [-0.25, -0.2) is 4.39 Å². The predicted molar refractivity (Wildman–Crippen MR) is 169 cm³/mol. The van der Waals surface area contributed by atoms with E-state index in [1.807, 2.05) is 6.07 Å². The molecular weight excluding hydrogens is 528 g/mol. The van der Waals surface area contributed by atoms with Gasteiger partial charge in [0.2, 0.25) is 0 Å². The van der Waals surface area contributed by atoms with Gasteiger partial charge in [-0.05, 0) is 82.8 Å². The molecule has 208 valence electrons. The minimum absolute atomic E-state index is 0.223. The summed E-state index contributed by atoms with van der Waals surface area (Å²) < 4.78 is 29.0. The Hall–Kier alpha value is -2.84. The van der Waals surface area contributed by atoms with Gasteiger partial charge in [0.15, 0.2) is 16.6 Å². The van der Waals surface area contributed by atoms with Crippen molar-refractivity contribution in [3.8, 4) is 11.1 Å². The molecule has 4 aromatic rings. The lowest BCUT2D eigenvalue weighted by Gasteiger charge is -2.40. The first-order valence-corrected chi connectivity index (χ1v) is 20.3. The Morgan fingerprint density at radius 3 is 1.57 bits per heavy atom. The number of hydrogen-bond acceptors (Lipinski definition) is 2. The monoisotopic (exact) mass is 568 g/mol. The van der Waals surface area contributed by atoms with Gasteiger partial charge in [-0.3, -0.25) is 0 Å². The molecule has 2 atom stereocenters. The highest BCUT2D eigenvalue weighted by atomic mass is 28.4. The van der Waals surface area contributed by atoms with Crippen LogP contribution in [0.15, 0.2) is 103 Å². The average molecular weight is 569 g/mol. The van der Waals surface area contributed by atoms with Crippen molar-refractivity contribution in [3.63, 3.8) is 0 Å². The fourth-order valence-electron chi connectivity index (χ4n) is 5.93. The van der Waals surface area contributed by atoms with E-state index < -0.39 is 22.0 Å². The smallest absolute Gasteiger partial charge is 0.193 e. The summed E-state index contributed by atoms with van der Waals surface area (Å²) >= 11 is 0. The molecule has 0 bridgehead atoms. The van der Waals surface area contributed by atoms with E-state index in [9.17, 15) is 4.39 Å². The van der Waals surface area contributed by atoms with Crippen LogP contribution in [0.3, 0.4) is 0 Å². The zero-order chi connectivity index (χ0) is 28.5. The van der Waals surface area contributed by atoms with Crippen molar-refractivity contribution >= 4 is 16.6 Å². The van der Waals surface area contributed by atoms with Crippen LogP contribution in [-0.2, 0) is 14.3 Å². The number of benzene rings is 4. The Morgan fingerprint density at radius 2 is 1.05 bits per heavy atom. The van der Waals surface area contributed by atoms with Crippen molar-refractivity contribution in [2.75, 3.05) is 13.2 Å². The Morgan fingerprint density at radius 1 is 0.600 bits per heavy atom. The average Bonchev–Trinajstić information content (AvgIpc) is 3.24. The summed E-state index contributed by atoms with van der Waals surface area (Å²) in [5, 5.41) is 0. The highest BCUT2D eigenvalue weighted by Gasteiger charge is 2.47. The van der Waals surface area contributed by atoms with Crippen LogP contribution in [0.2, 0.25) is 26.2 Å². The van der Waals surface area contributed by atoms with Crippen LogP contribution in [0.1, 0.15) is 47.2 Å². The Kier molecular flexibility index (Phi) is 8.04. The van der Waals surface area contributed by atoms with E-state index in [4.69, 9.17) is 8.85 Å². The van der Waals surface area contributed by atoms with E-state index >= 15 is 0 Å². The second-order valence-electron chi connectivity index (χ2n) is 12.4. The standard InChI is InChI=1S/C35H41FO2Si2/c1-26(28-15-9-7-10-16-28)39(3,4)37-24-35(25-38-40(5,6)27(2)29-17-11-8-12-18-29)33-20-14-13-19-31(33)32-22-21-30(36)23-34(32)35/h7-23,26-27H,24-25H2,1-6H3. The molecule has 2 unspecified atom stereocenters. The molecule has 5 heteroatoms. The third kappa shape index (κ3) is 5.40. The van der Waals surface area contributed by atoms with Gasteiger partial charge in [-0.1, -0.05) is 105 Å². The van der Waals surface area contributed by atoms with Crippen molar-refractivity contribution in [3.05, 3.63) is 131 Å². The van der Waals surface area contributed by atoms with E-state index in [-0.39, 0.29) is 5.82 Å². The van der Waals surface area contributed by atoms with E-state index in [1.54, 1.807) is 12.1 Å². The lowest BCUT2D eigenvalue weighted by Crippen LogP contribution is -2.48. The van der Waals surface area contributed by atoms with Gasteiger partial charge in [0.25, 0.3) is 0 Å². The molecule has 4 aromatic carbocycles. The third-order valence-electron chi connectivity index (χ3n) is 9.30. The molecule has 0 radical (unpaired) electrons. The Labute approximate surface area is 241 Å². The molecule has 0 amide bonds. The molecule has 0 fully saturated rings. The van der Waals surface area contributed by atoms with Crippen LogP contribution in [0.4, 0.5) is 4.39 Å². The van der Waals surface area contributed by atoms with Crippen LogP contribution in [0.5, 0.6) is 0 Å². The van der Waals surface area contributed by atoms with Crippen LogP contribution >= 0.6 is 0 Å². The molecule has 0 saturated heterocycles. The molecular formula is C35H41FO2Si2. The zero-order valence-electron chi connectivity index (χ0n) is 24.6. The number of fused-ring (bicyclic) bond motifs is 3. The largest absolute Gasteiger partial charge is 0.415 e. The van der Waals surface area contributed by atoms with Gasteiger partial charge in [0.05, 0.1) is 5.41 Å². The molecule has 5 rings (SSSR count). The quantitative estimate of drug-likeness (QED) is 0.178. The summed E-state index contributed by atoms with van der Waals surface area (Å²) in [4.78, 5) is 0. The van der Waals surface area contributed by atoms with Crippen LogP contribution in [-0.4, -0.2) is 29.8 Å². The second-order valence-corrected chi connectivity index (χ2v) is 21.1. The summed E-state index contributed by atoms with van der Waals surface area (Å²) in [6, 6.07) is 35.0. The van der Waals surface area contributed by atoms with Crippen molar-refractivity contribution in [2.45, 2.75) is 56.5 Å². The fourth-order valence-corrected chi connectivity index (χ4v) is 9.66. The first kappa shape index (κ1) is 28.7. The first-order valence-electron chi connectivity index (χ1n) is 14.3. The van der Waals surface area contributed by atoms with E-state index in [0.29, 0.717) is 24.3 Å². The zero-order valence-corrected chi connectivity index (χ0v) is 26.6. The Balaban J connectivity index is 1.53. The first-order chi connectivity index (χ1) is 19.1.